The standard InChI is InChI=1S/C18H23N3O2S/c1-21(16-6-3-2-4-7-16)12-11-19-17(22)8-5-10-20-18(23)15-9-13-24-14-15/h2-4,6-7,9,13-14H,5,8,10-12H2,1H3,(H,19,22)(H,20,23). The van der Waals surface area contributed by atoms with Gasteiger partial charge in [0, 0.05) is 49.7 Å². The zero-order chi connectivity index (χ0) is 17.2. The van der Waals surface area contributed by atoms with Crippen LogP contribution in [0, 0.1) is 0 Å². The van der Waals surface area contributed by atoms with E-state index in [0.29, 0.717) is 31.5 Å². The third-order valence-electron chi connectivity index (χ3n) is 3.62. The molecular formula is C18H23N3O2S. The van der Waals surface area contributed by atoms with E-state index >= 15 is 0 Å². The molecule has 0 saturated carbocycles. The smallest absolute Gasteiger partial charge is 0.252 e. The molecule has 0 unspecified atom stereocenters. The maximum atomic E-state index is 11.8. The minimum atomic E-state index is -0.0823. The van der Waals surface area contributed by atoms with Crippen molar-refractivity contribution in [3.8, 4) is 0 Å². The lowest BCUT2D eigenvalue weighted by Gasteiger charge is -2.19. The van der Waals surface area contributed by atoms with Gasteiger partial charge >= 0.3 is 0 Å². The van der Waals surface area contributed by atoms with Crippen LogP contribution in [0.25, 0.3) is 0 Å². The number of para-hydroxylation sites is 1. The second-order valence-corrected chi connectivity index (χ2v) is 6.26. The number of carbonyl (C=O) groups excluding carboxylic acids is 2. The Labute approximate surface area is 146 Å². The number of amides is 2. The normalized spacial score (nSPS) is 10.2. The van der Waals surface area contributed by atoms with Crippen molar-refractivity contribution in [3.05, 3.63) is 52.7 Å². The Hall–Kier alpha value is -2.34. The molecule has 0 aliphatic carbocycles. The number of likely N-dealkylation sites (N-methyl/N-ethyl adjacent to an activating group) is 1. The molecule has 0 saturated heterocycles. The number of hydrogen-bond donors (Lipinski definition) is 2. The monoisotopic (exact) mass is 345 g/mol. The van der Waals surface area contributed by atoms with Crippen LogP contribution in [0.15, 0.2) is 47.2 Å². The van der Waals surface area contributed by atoms with Crippen molar-refractivity contribution in [1.82, 2.24) is 10.6 Å². The Morgan fingerprint density at radius 1 is 1.08 bits per heavy atom. The SMILES string of the molecule is CN(CCNC(=O)CCCNC(=O)c1ccsc1)c1ccccc1. The minimum absolute atomic E-state index is 0.0150. The third-order valence-corrected chi connectivity index (χ3v) is 4.30. The number of nitrogens with one attached hydrogen (secondary N) is 2. The molecule has 0 bridgehead atoms. The van der Waals surface area contributed by atoms with E-state index in [1.807, 2.05) is 48.1 Å². The lowest BCUT2D eigenvalue weighted by Crippen LogP contribution is -2.33. The molecule has 0 aliphatic heterocycles. The van der Waals surface area contributed by atoms with Gasteiger partial charge in [0.2, 0.25) is 5.91 Å². The van der Waals surface area contributed by atoms with E-state index in [9.17, 15) is 9.59 Å². The van der Waals surface area contributed by atoms with Crippen LogP contribution >= 0.6 is 11.3 Å². The maximum absolute atomic E-state index is 11.8. The summed E-state index contributed by atoms with van der Waals surface area (Å²) in [5, 5.41) is 9.40. The quantitative estimate of drug-likeness (QED) is 0.687. The number of nitrogens with zero attached hydrogens (tertiary/aromatic N) is 1. The zero-order valence-electron chi connectivity index (χ0n) is 13.8. The molecule has 0 atom stereocenters. The highest BCUT2D eigenvalue weighted by Crippen LogP contribution is 2.09. The summed E-state index contributed by atoms with van der Waals surface area (Å²) in [7, 11) is 2.00. The summed E-state index contributed by atoms with van der Waals surface area (Å²) >= 11 is 1.49. The van der Waals surface area contributed by atoms with Gasteiger partial charge < -0.3 is 15.5 Å². The molecule has 2 amide bonds. The van der Waals surface area contributed by atoms with Crippen molar-refractivity contribution >= 4 is 28.8 Å². The van der Waals surface area contributed by atoms with Crippen molar-refractivity contribution < 1.29 is 9.59 Å². The minimum Gasteiger partial charge on any atom is -0.373 e. The van der Waals surface area contributed by atoms with Crippen LogP contribution in [0.1, 0.15) is 23.2 Å². The van der Waals surface area contributed by atoms with Crippen LogP contribution in [0.5, 0.6) is 0 Å². The first-order valence-electron chi connectivity index (χ1n) is 8.00. The van der Waals surface area contributed by atoms with E-state index in [0.717, 1.165) is 12.2 Å². The summed E-state index contributed by atoms with van der Waals surface area (Å²) in [6.07, 6.45) is 1.05. The van der Waals surface area contributed by atoms with E-state index in [2.05, 4.69) is 15.5 Å². The Kier molecular flexibility index (Phi) is 7.29. The first-order chi connectivity index (χ1) is 11.7. The lowest BCUT2D eigenvalue weighted by atomic mass is 10.2. The van der Waals surface area contributed by atoms with Gasteiger partial charge in [-0.05, 0) is 30.0 Å². The van der Waals surface area contributed by atoms with Gasteiger partial charge in [-0.15, -0.1) is 0 Å². The molecule has 24 heavy (non-hydrogen) atoms. The molecule has 2 rings (SSSR count). The lowest BCUT2D eigenvalue weighted by molar-refractivity contribution is -0.121. The molecule has 5 nitrogen and oxygen atoms in total. The van der Waals surface area contributed by atoms with Gasteiger partial charge in [0.15, 0.2) is 0 Å². The number of hydrogen-bond acceptors (Lipinski definition) is 4. The van der Waals surface area contributed by atoms with E-state index in [4.69, 9.17) is 0 Å². The summed E-state index contributed by atoms with van der Waals surface area (Å²) in [5.41, 5.74) is 1.80. The second kappa shape index (κ2) is 9.72. The Bertz CT molecular complexity index is 629. The molecule has 2 N–H and O–H groups in total. The van der Waals surface area contributed by atoms with E-state index in [1.165, 1.54) is 11.3 Å². The highest BCUT2D eigenvalue weighted by molar-refractivity contribution is 7.08. The van der Waals surface area contributed by atoms with E-state index < -0.39 is 0 Å². The molecule has 1 heterocycles. The van der Waals surface area contributed by atoms with Crippen LogP contribution in [0.4, 0.5) is 5.69 Å². The molecular weight excluding hydrogens is 322 g/mol. The molecule has 128 valence electrons. The number of anilines is 1. The fourth-order valence-corrected chi connectivity index (χ4v) is 2.85. The Balaban J connectivity index is 1.54. The van der Waals surface area contributed by atoms with Gasteiger partial charge in [-0.3, -0.25) is 9.59 Å². The topological polar surface area (TPSA) is 61.4 Å². The van der Waals surface area contributed by atoms with E-state index in [1.54, 1.807) is 6.07 Å². The average molecular weight is 345 g/mol. The van der Waals surface area contributed by atoms with Gasteiger partial charge in [0.05, 0.1) is 0 Å². The van der Waals surface area contributed by atoms with Crippen LogP contribution in [0.3, 0.4) is 0 Å². The molecule has 0 radical (unpaired) electrons. The number of thiophene rings is 1. The van der Waals surface area contributed by atoms with Gasteiger partial charge in [0.25, 0.3) is 5.91 Å². The molecule has 6 heteroatoms. The van der Waals surface area contributed by atoms with Gasteiger partial charge in [-0.1, -0.05) is 18.2 Å². The number of rotatable bonds is 9. The summed E-state index contributed by atoms with van der Waals surface area (Å²) < 4.78 is 0. The third kappa shape index (κ3) is 6.04. The summed E-state index contributed by atoms with van der Waals surface area (Å²) in [6.45, 7) is 1.86. The van der Waals surface area contributed by atoms with Gasteiger partial charge in [-0.25, -0.2) is 0 Å². The largest absolute Gasteiger partial charge is 0.373 e. The second-order valence-electron chi connectivity index (χ2n) is 5.48. The zero-order valence-corrected chi connectivity index (χ0v) is 14.6. The summed E-state index contributed by atoms with van der Waals surface area (Å²) in [4.78, 5) is 25.6. The molecule has 0 aliphatic rings. The van der Waals surface area contributed by atoms with Crippen LogP contribution in [-0.4, -0.2) is 38.5 Å². The molecule has 0 spiro atoms. The summed E-state index contributed by atoms with van der Waals surface area (Å²) in [5.74, 6) is -0.0672. The van der Waals surface area contributed by atoms with Crippen LogP contribution in [-0.2, 0) is 4.79 Å². The predicted octanol–water partition coefficient (Wildman–Crippen LogP) is 2.51. The van der Waals surface area contributed by atoms with Crippen molar-refractivity contribution in [1.29, 1.82) is 0 Å². The molecule has 1 aromatic carbocycles. The first-order valence-corrected chi connectivity index (χ1v) is 8.94. The van der Waals surface area contributed by atoms with Crippen LogP contribution in [0.2, 0.25) is 0 Å². The van der Waals surface area contributed by atoms with Gasteiger partial charge in [0.1, 0.15) is 0 Å². The average Bonchev–Trinajstić information content (AvgIpc) is 3.14. The predicted molar refractivity (Wildman–Crippen MR) is 98.6 cm³/mol. The maximum Gasteiger partial charge on any atom is 0.252 e. The van der Waals surface area contributed by atoms with Crippen LogP contribution < -0.4 is 15.5 Å². The molecule has 2 aromatic rings. The van der Waals surface area contributed by atoms with Crippen molar-refractivity contribution in [3.63, 3.8) is 0 Å². The highest BCUT2D eigenvalue weighted by atomic mass is 32.1. The summed E-state index contributed by atoms with van der Waals surface area (Å²) in [6, 6.07) is 11.8. The fraction of sp³-hybridized carbons (Fsp3) is 0.333. The van der Waals surface area contributed by atoms with Crippen molar-refractivity contribution in [2.75, 3.05) is 31.6 Å². The van der Waals surface area contributed by atoms with Crippen molar-refractivity contribution in [2.45, 2.75) is 12.8 Å². The van der Waals surface area contributed by atoms with Gasteiger partial charge in [-0.2, -0.15) is 11.3 Å². The number of carbonyl (C=O) groups is 2. The highest BCUT2D eigenvalue weighted by Gasteiger charge is 2.06. The van der Waals surface area contributed by atoms with E-state index in [-0.39, 0.29) is 11.8 Å². The Morgan fingerprint density at radius 3 is 2.58 bits per heavy atom. The fourth-order valence-electron chi connectivity index (χ4n) is 2.21. The molecule has 1 aromatic heterocycles. The first kappa shape index (κ1) is 18.0. The number of benzene rings is 1. The Morgan fingerprint density at radius 2 is 1.88 bits per heavy atom. The molecule has 0 fully saturated rings. The van der Waals surface area contributed by atoms with Crippen molar-refractivity contribution in [2.24, 2.45) is 0 Å².